The first kappa shape index (κ1) is 14.8. The summed E-state index contributed by atoms with van der Waals surface area (Å²) in [7, 11) is 0. The molecular weight excluding hydrogens is 232 g/mol. The van der Waals surface area contributed by atoms with Gasteiger partial charge in [0.05, 0.1) is 6.04 Å². The van der Waals surface area contributed by atoms with E-state index in [1.54, 1.807) is 11.1 Å². The molecule has 0 spiro atoms. The smallest absolute Gasteiger partial charge is 0.410 e. The molecule has 0 saturated carbocycles. The molecule has 104 valence electrons. The molecule has 0 atom stereocenters. The molecule has 1 fully saturated rings. The number of hydrogen-bond donors (Lipinski definition) is 1. The molecule has 1 heterocycles. The van der Waals surface area contributed by atoms with E-state index in [9.17, 15) is 4.79 Å². The van der Waals surface area contributed by atoms with Crippen LogP contribution in [0.3, 0.4) is 0 Å². The molecule has 0 radical (unpaired) electrons. The number of amides is 1. The van der Waals surface area contributed by atoms with Crippen molar-refractivity contribution in [1.29, 1.82) is 0 Å². The fraction of sp³-hybridized carbons (Fsp3) is 0.833. The van der Waals surface area contributed by atoms with E-state index in [4.69, 9.17) is 10.6 Å². The van der Waals surface area contributed by atoms with Crippen LogP contribution in [0.5, 0.6) is 0 Å². The summed E-state index contributed by atoms with van der Waals surface area (Å²) in [6.07, 6.45) is 3.05. The van der Waals surface area contributed by atoms with E-state index >= 15 is 0 Å². The lowest BCUT2D eigenvalue weighted by Crippen LogP contribution is -2.48. The minimum absolute atomic E-state index is 0.194. The molecule has 2 N–H and O–H groups in total. The fourth-order valence-electron chi connectivity index (χ4n) is 1.87. The number of hydrogen-bond acceptors (Lipinski definition) is 5. The van der Waals surface area contributed by atoms with Gasteiger partial charge >= 0.3 is 6.09 Å². The Morgan fingerprint density at radius 3 is 2.44 bits per heavy atom. The lowest BCUT2D eigenvalue weighted by molar-refractivity contribution is 0.0143. The van der Waals surface area contributed by atoms with Crippen LogP contribution in [0, 0.1) is 0 Å². The van der Waals surface area contributed by atoms with Gasteiger partial charge < -0.3 is 9.64 Å². The molecule has 1 rings (SSSR count). The van der Waals surface area contributed by atoms with E-state index in [1.165, 1.54) is 5.12 Å². The maximum absolute atomic E-state index is 11.8. The highest BCUT2D eigenvalue weighted by atomic mass is 16.6. The van der Waals surface area contributed by atoms with Gasteiger partial charge in [-0.1, -0.05) is 0 Å². The third-order valence-corrected chi connectivity index (χ3v) is 2.74. The minimum Gasteiger partial charge on any atom is -0.444 e. The van der Waals surface area contributed by atoms with Gasteiger partial charge in [0.25, 0.3) is 0 Å². The van der Waals surface area contributed by atoms with Gasteiger partial charge in [0.15, 0.2) is 0 Å². The summed E-state index contributed by atoms with van der Waals surface area (Å²) in [6.45, 7) is 8.76. The largest absolute Gasteiger partial charge is 0.444 e. The number of rotatable bonds is 2. The highest BCUT2D eigenvalue weighted by Crippen LogP contribution is 2.17. The lowest BCUT2D eigenvalue weighted by atomic mass is 10.1. The summed E-state index contributed by atoms with van der Waals surface area (Å²) in [4.78, 5) is 13.6. The second-order valence-corrected chi connectivity index (χ2v) is 5.45. The number of piperidine rings is 1. The number of carbonyl (C=O) groups is 1. The predicted octanol–water partition coefficient (Wildman–Crippen LogP) is 1.57. The highest BCUT2D eigenvalue weighted by Gasteiger charge is 2.28. The zero-order valence-electron chi connectivity index (χ0n) is 11.7. The van der Waals surface area contributed by atoms with Crippen LogP contribution in [0.4, 0.5) is 4.79 Å². The van der Waals surface area contributed by atoms with Crippen LogP contribution in [-0.4, -0.2) is 47.1 Å². The minimum atomic E-state index is -0.444. The molecule has 1 amide bonds. The van der Waals surface area contributed by atoms with Crippen LogP contribution in [0.1, 0.15) is 40.5 Å². The monoisotopic (exact) mass is 256 g/mol. The SMILES string of the molecule is C/C=N\N(N)C1CCN(C(=O)OC(C)(C)C)CC1. The molecule has 1 aliphatic rings. The maximum Gasteiger partial charge on any atom is 0.410 e. The van der Waals surface area contributed by atoms with Gasteiger partial charge in [0.2, 0.25) is 0 Å². The van der Waals surface area contributed by atoms with Gasteiger partial charge in [-0.3, -0.25) is 0 Å². The van der Waals surface area contributed by atoms with Crippen molar-refractivity contribution < 1.29 is 9.53 Å². The Morgan fingerprint density at radius 2 is 2.00 bits per heavy atom. The number of ether oxygens (including phenoxy) is 1. The van der Waals surface area contributed by atoms with Crippen molar-refractivity contribution in [3.8, 4) is 0 Å². The van der Waals surface area contributed by atoms with Crippen molar-refractivity contribution in [1.82, 2.24) is 10.0 Å². The molecule has 1 saturated heterocycles. The Hall–Kier alpha value is -1.30. The Morgan fingerprint density at radius 1 is 1.44 bits per heavy atom. The van der Waals surface area contributed by atoms with Crippen LogP contribution in [0.25, 0.3) is 0 Å². The lowest BCUT2D eigenvalue weighted by Gasteiger charge is -2.35. The molecule has 0 aromatic carbocycles. The maximum atomic E-state index is 11.8. The first-order chi connectivity index (χ1) is 8.33. The molecule has 1 aliphatic heterocycles. The first-order valence-corrected chi connectivity index (χ1v) is 6.34. The van der Waals surface area contributed by atoms with Crippen LogP contribution in [-0.2, 0) is 4.74 Å². The van der Waals surface area contributed by atoms with E-state index in [1.807, 2.05) is 27.7 Å². The van der Waals surface area contributed by atoms with Gasteiger partial charge in [-0.2, -0.15) is 5.10 Å². The molecule has 0 unspecified atom stereocenters. The number of carbonyl (C=O) groups excluding carboxylic acids is 1. The summed E-state index contributed by atoms with van der Waals surface area (Å²) >= 11 is 0. The van der Waals surface area contributed by atoms with Gasteiger partial charge in [0, 0.05) is 19.3 Å². The van der Waals surface area contributed by atoms with E-state index in [0.717, 1.165) is 12.8 Å². The summed E-state index contributed by atoms with van der Waals surface area (Å²) in [6, 6.07) is 0.194. The second kappa shape index (κ2) is 6.04. The Kier molecular flexibility index (Phi) is 4.95. The van der Waals surface area contributed by atoms with Crippen LogP contribution in [0.15, 0.2) is 5.10 Å². The zero-order valence-corrected chi connectivity index (χ0v) is 11.7. The van der Waals surface area contributed by atoms with Gasteiger partial charge in [-0.25, -0.2) is 15.8 Å². The molecule has 0 bridgehead atoms. The quantitative estimate of drug-likeness (QED) is 0.462. The van der Waals surface area contributed by atoms with Crippen molar-refractivity contribution in [2.45, 2.75) is 52.2 Å². The molecule has 0 aromatic heterocycles. The van der Waals surface area contributed by atoms with E-state index < -0.39 is 5.60 Å². The van der Waals surface area contributed by atoms with Crippen LogP contribution < -0.4 is 5.84 Å². The topological polar surface area (TPSA) is 71.2 Å². The fourth-order valence-corrected chi connectivity index (χ4v) is 1.87. The average molecular weight is 256 g/mol. The first-order valence-electron chi connectivity index (χ1n) is 6.34. The van der Waals surface area contributed by atoms with Crippen molar-refractivity contribution in [3.05, 3.63) is 0 Å². The van der Waals surface area contributed by atoms with E-state index in [0.29, 0.717) is 13.1 Å². The zero-order chi connectivity index (χ0) is 13.8. The Labute approximate surface area is 109 Å². The van der Waals surface area contributed by atoms with Crippen molar-refractivity contribution in [3.63, 3.8) is 0 Å². The number of hydrazine groups is 1. The number of hydrazone groups is 1. The number of nitrogens with two attached hydrogens (primary N) is 1. The summed E-state index contributed by atoms with van der Waals surface area (Å²) < 4.78 is 5.33. The number of nitrogens with zero attached hydrogens (tertiary/aromatic N) is 3. The van der Waals surface area contributed by atoms with Crippen molar-refractivity contribution >= 4 is 12.3 Å². The Balaban J connectivity index is 2.42. The Bertz CT molecular complexity index is 304. The molecule has 18 heavy (non-hydrogen) atoms. The molecule has 6 nitrogen and oxygen atoms in total. The summed E-state index contributed by atoms with van der Waals surface area (Å²) in [5.41, 5.74) is -0.444. The van der Waals surface area contributed by atoms with Crippen LogP contribution in [0.2, 0.25) is 0 Å². The third-order valence-electron chi connectivity index (χ3n) is 2.74. The predicted molar refractivity (Wildman–Crippen MR) is 71.0 cm³/mol. The van der Waals surface area contributed by atoms with Gasteiger partial charge in [-0.15, -0.1) is 0 Å². The van der Waals surface area contributed by atoms with E-state index in [2.05, 4.69) is 5.10 Å². The summed E-state index contributed by atoms with van der Waals surface area (Å²) in [5, 5.41) is 5.51. The highest BCUT2D eigenvalue weighted by molar-refractivity contribution is 5.68. The molecule has 0 aliphatic carbocycles. The molecule has 6 heteroatoms. The molecule has 0 aromatic rings. The van der Waals surface area contributed by atoms with E-state index in [-0.39, 0.29) is 12.1 Å². The summed E-state index contributed by atoms with van der Waals surface area (Å²) in [5.74, 6) is 5.78. The second-order valence-electron chi connectivity index (χ2n) is 5.45. The molecular formula is C12H24N4O2. The van der Waals surface area contributed by atoms with Crippen LogP contribution >= 0.6 is 0 Å². The van der Waals surface area contributed by atoms with Gasteiger partial charge in [-0.05, 0) is 40.5 Å². The third kappa shape index (κ3) is 4.52. The van der Waals surface area contributed by atoms with Crippen molar-refractivity contribution in [2.75, 3.05) is 13.1 Å². The average Bonchev–Trinajstić information content (AvgIpc) is 2.27. The van der Waals surface area contributed by atoms with Gasteiger partial charge in [0.1, 0.15) is 5.60 Å². The standard InChI is InChI=1S/C12H24N4O2/c1-5-14-16(13)10-6-8-15(9-7-10)11(17)18-12(2,3)4/h5,10H,6-9,13H2,1-4H3/b14-5-. The normalized spacial score (nSPS) is 18.2. The number of likely N-dealkylation sites (tertiary alicyclic amines) is 1. The van der Waals surface area contributed by atoms with Crippen molar-refractivity contribution in [2.24, 2.45) is 10.9 Å².